The quantitative estimate of drug-likeness (QED) is 0.801. The number of benzene rings is 2. The summed E-state index contributed by atoms with van der Waals surface area (Å²) in [5, 5.41) is 2.74. The number of hydrogen-bond acceptors (Lipinski definition) is 4. The average molecular weight is 378 g/mol. The number of halogens is 1. The highest BCUT2D eigenvalue weighted by atomic mass is 79.9. The van der Waals surface area contributed by atoms with E-state index in [2.05, 4.69) is 21.2 Å². The molecule has 0 fully saturated rings. The number of amides is 1. The standard InChI is InChI=1S/C17H16BrNO4/c1-10(20)16-14(8-13(22-2)9-15(16)23-3)19-17(21)11-5-4-6-12(18)7-11/h4-9H,1-3H3,(H,19,21). The van der Waals surface area contributed by atoms with Gasteiger partial charge in [0.15, 0.2) is 5.78 Å². The highest BCUT2D eigenvalue weighted by Crippen LogP contribution is 2.33. The molecule has 0 bridgehead atoms. The van der Waals surface area contributed by atoms with Gasteiger partial charge in [0.1, 0.15) is 11.5 Å². The molecule has 2 aromatic carbocycles. The Morgan fingerprint density at radius 2 is 1.83 bits per heavy atom. The van der Waals surface area contributed by atoms with Crippen LogP contribution in [-0.4, -0.2) is 25.9 Å². The molecule has 2 aromatic rings. The molecule has 0 radical (unpaired) electrons. The number of ketones is 1. The molecule has 0 unspecified atom stereocenters. The van der Waals surface area contributed by atoms with Gasteiger partial charge in [-0.15, -0.1) is 0 Å². The van der Waals surface area contributed by atoms with Gasteiger partial charge >= 0.3 is 0 Å². The second-order valence-corrected chi connectivity index (χ2v) is 5.69. The zero-order valence-corrected chi connectivity index (χ0v) is 14.6. The van der Waals surface area contributed by atoms with E-state index in [0.717, 1.165) is 4.47 Å². The molecule has 6 heteroatoms. The first-order valence-corrected chi connectivity index (χ1v) is 7.59. The van der Waals surface area contributed by atoms with E-state index in [1.807, 2.05) is 6.07 Å². The van der Waals surface area contributed by atoms with Gasteiger partial charge in [-0.1, -0.05) is 22.0 Å². The second kappa shape index (κ2) is 7.28. The van der Waals surface area contributed by atoms with Gasteiger partial charge < -0.3 is 14.8 Å². The van der Waals surface area contributed by atoms with Crippen LogP contribution in [-0.2, 0) is 0 Å². The zero-order valence-electron chi connectivity index (χ0n) is 13.0. The Hall–Kier alpha value is -2.34. The fourth-order valence-electron chi connectivity index (χ4n) is 2.15. The van der Waals surface area contributed by atoms with Crippen molar-refractivity contribution in [2.45, 2.75) is 6.92 Å². The van der Waals surface area contributed by atoms with Crippen LogP contribution in [0.25, 0.3) is 0 Å². The summed E-state index contributed by atoms with van der Waals surface area (Å²) in [5.41, 5.74) is 1.12. The zero-order chi connectivity index (χ0) is 17.0. The maximum atomic E-state index is 12.4. The summed E-state index contributed by atoms with van der Waals surface area (Å²) in [5.74, 6) is 0.288. The van der Waals surface area contributed by atoms with Crippen LogP contribution in [0.2, 0.25) is 0 Å². The third-order valence-corrected chi connectivity index (χ3v) is 3.71. The van der Waals surface area contributed by atoms with Gasteiger partial charge in [0.25, 0.3) is 5.91 Å². The Labute approximate surface area is 142 Å². The molecule has 120 valence electrons. The summed E-state index contributed by atoms with van der Waals surface area (Å²) < 4.78 is 11.2. The van der Waals surface area contributed by atoms with E-state index in [1.54, 1.807) is 30.3 Å². The number of ether oxygens (including phenoxy) is 2. The predicted molar refractivity (Wildman–Crippen MR) is 91.6 cm³/mol. The molecule has 0 saturated carbocycles. The van der Waals surface area contributed by atoms with Crippen molar-refractivity contribution in [1.82, 2.24) is 0 Å². The van der Waals surface area contributed by atoms with Gasteiger partial charge in [0.05, 0.1) is 25.5 Å². The van der Waals surface area contributed by atoms with Crippen molar-refractivity contribution in [1.29, 1.82) is 0 Å². The molecule has 0 aliphatic heterocycles. The first-order chi connectivity index (χ1) is 11.0. The number of Topliss-reactive ketones (excluding diaryl/α,β-unsaturated/α-hetero) is 1. The first-order valence-electron chi connectivity index (χ1n) is 6.80. The van der Waals surface area contributed by atoms with E-state index in [1.165, 1.54) is 21.1 Å². The minimum absolute atomic E-state index is 0.214. The van der Waals surface area contributed by atoms with E-state index in [9.17, 15) is 9.59 Å². The molecule has 5 nitrogen and oxygen atoms in total. The van der Waals surface area contributed by atoms with Crippen LogP contribution >= 0.6 is 15.9 Å². The molecule has 0 heterocycles. The molecule has 1 amide bonds. The monoisotopic (exact) mass is 377 g/mol. The van der Waals surface area contributed by atoms with E-state index in [4.69, 9.17) is 9.47 Å². The smallest absolute Gasteiger partial charge is 0.255 e. The molecule has 0 saturated heterocycles. The number of carbonyl (C=O) groups is 2. The van der Waals surface area contributed by atoms with Crippen LogP contribution in [0.3, 0.4) is 0 Å². The Morgan fingerprint density at radius 3 is 2.39 bits per heavy atom. The summed E-state index contributed by atoms with van der Waals surface area (Å²) >= 11 is 3.33. The largest absolute Gasteiger partial charge is 0.497 e. The van der Waals surface area contributed by atoms with Crippen molar-refractivity contribution in [3.05, 3.63) is 52.0 Å². The number of anilines is 1. The Morgan fingerprint density at radius 1 is 1.09 bits per heavy atom. The normalized spacial score (nSPS) is 10.1. The maximum Gasteiger partial charge on any atom is 0.255 e. The van der Waals surface area contributed by atoms with Gasteiger partial charge in [-0.3, -0.25) is 9.59 Å². The lowest BCUT2D eigenvalue weighted by Gasteiger charge is -2.15. The fraction of sp³-hybridized carbons (Fsp3) is 0.176. The molecule has 0 atom stereocenters. The van der Waals surface area contributed by atoms with Crippen molar-refractivity contribution in [2.24, 2.45) is 0 Å². The first kappa shape index (κ1) is 17.0. The molecular formula is C17H16BrNO4. The summed E-state index contributed by atoms with van der Waals surface area (Å²) in [6.07, 6.45) is 0. The predicted octanol–water partition coefficient (Wildman–Crippen LogP) is 3.92. The van der Waals surface area contributed by atoms with Crippen LogP contribution < -0.4 is 14.8 Å². The van der Waals surface area contributed by atoms with E-state index in [0.29, 0.717) is 28.3 Å². The second-order valence-electron chi connectivity index (χ2n) is 4.77. The van der Waals surface area contributed by atoms with Crippen LogP contribution in [0.5, 0.6) is 11.5 Å². The van der Waals surface area contributed by atoms with Gasteiger partial charge in [-0.25, -0.2) is 0 Å². The lowest BCUT2D eigenvalue weighted by atomic mass is 10.1. The summed E-state index contributed by atoms with van der Waals surface area (Å²) in [6.45, 7) is 1.42. The fourth-order valence-corrected chi connectivity index (χ4v) is 2.55. The highest BCUT2D eigenvalue weighted by molar-refractivity contribution is 9.10. The Kier molecular flexibility index (Phi) is 5.39. The lowest BCUT2D eigenvalue weighted by Crippen LogP contribution is -2.15. The third-order valence-electron chi connectivity index (χ3n) is 3.22. The molecule has 23 heavy (non-hydrogen) atoms. The molecule has 0 spiro atoms. The molecule has 0 aromatic heterocycles. The molecule has 1 N–H and O–H groups in total. The number of nitrogens with one attached hydrogen (secondary N) is 1. The highest BCUT2D eigenvalue weighted by Gasteiger charge is 2.18. The van der Waals surface area contributed by atoms with E-state index < -0.39 is 0 Å². The van der Waals surface area contributed by atoms with Crippen LogP contribution in [0.4, 0.5) is 5.69 Å². The van der Waals surface area contributed by atoms with E-state index in [-0.39, 0.29) is 11.7 Å². The number of rotatable bonds is 5. The lowest BCUT2D eigenvalue weighted by molar-refractivity contribution is 0.101. The van der Waals surface area contributed by atoms with Crippen molar-refractivity contribution in [2.75, 3.05) is 19.5 Å². The molecule has 2 rings (SSSR count). The van der Waals surface area contributed by atoms with Crippen LogP contribution in [0.1, 0.15) is 27.6 Å². The SMILES string of the molecule is COc1cc(NC(=O)c2cccc(Br)c2)c(C(C)=O)c(OC)c1. The molecule has 0 aliphatic carbocycles. The van der Waals surface area contributed by atoms with Crippen molar-refractivity contribution in [3.63, 3.8) is 0 Å². The van der Waals surface area contributed by atoms with Crippen molar-refractivity contribution < 1.29 is 19.1 Å². The Bertz CT molecular complexity index is 758. The molecular weight excluding hydrogens is 362 g/mol. The number of hydrogen-bond donors (Lipinski definition) is 1. The third kappa shape index (κ3) is 3.90. The summed E-state index contributed by atoms with van der Waals surface area (Å²) in [6, 6.07) is 10.2. The van der Waals surface area contributed by atoms with E-state index >= 15 is 0 Å². The average Bonchev–Trinajstić information content (AvgIpc) is 2.53. The van der Waals surface area contributed by atoms with Crippen LogP contribution in [0, 0.1) is 0 Å². The van der Waals surface area contributed by atoms with Crippen molar-refractivity contribution in [3.8, 4) is 11.5 Å². The van der Waals surface area contributed by atoms with Gasteiger partial charge in [-0.2, -0.15) is 0 Å². The minimum Gasteiger partial charge on any atom is -0.497 e. The van der Waals surface area contributed by atoms with Gasteiger partial charge in [0, 0.05) is 22.2 Å². The topological polar surface area (TPSA) is 64.6 Å². The summed E-state index contributed by atoms with van der Waals surface area (Å²) in [4.78, 5) is 24.4. The Balaban J connectivity index is 2.45. The number of methoxy groups -OCH3 is 2. The minimum atomic E-state index is -0.330. The van der Waals surface area contributed by atoms with Gasteiger partial charge in [0.2, 0.25) is 0 Å². The van der Waals surface area contributed by atoms with Gasteiger partial charge in [-0.05, 0) is 25.1 Å². The molecule has 0 aliphatic rings. The number of carbonyl (C=O) groups excluding carboxylic acids is 2. The van der Waals surface area contributed by atoms with Crippen molar-refractivity contribution >= 4 is 33.3 Å². The maximum absolute atomic E-state index is 12.4. The van der Waals surface area contributed by atoms with Crippen LogP contribution in [0.15, 0.2) is 40.9 Å². The summed E-state index contributed by atoms with van der Waals surface area (Å²) in [7, 11) is 2.96.